The van der Waals surface area contributed by atoms with E-state index < -0.39 is 0 Å². The van der Waals surface area contributed by atoms with Gasteiger partial charge in [-0.2, -0.15) is 0 Å². The van der Waals surface area contributed by atoms with Crippen molar-refractivity contribution < 1.29 is 4.79 Å². The zero-order chi connectivity index (χ0) is 9.84. The summed E-state index contributed by atoms with van der Waals surface area (Å²) < 4.78 is 0. The van der Waals surface area contributed by atoms with E-state index in [1.165, 1.54) is 0 Å². The number of rotatable bonds is 2. The molecule has 13 heavy (non-hydrogen) atoms. The quantitative estimate of drug-likeness (QED) is 0.679. The summed E-state index contributed by atoms with van der Waals surface area (Å²) >= 11 is 0. The molecule has 0 saturated carbocycles. The molecular formula is C9H17N3O. The van der Waals surface area contributed by atoms with Crippen LogP contribution in [0.3, 0.4) is 0 Å². The molecule has 0 bridgehead atoms. The molecule has 74 valence electrons. The van der Waals surface area contributed by atoms with Crippen LogP contribution in [0.2, 0.25) is 0 Å². The second-order valence-corrected chi connectivity index (χ2v) is 3.61. The normalized spacial score (nSPS) is 17.4. The molecule has 0 aliphatic carbocycles. The average Bonchev–Trinajstić information content (AvgIpc) is 2.08. The van der Waals surface area contributed by atoms with Gasteiger partial charge in [0.15, 0.2) is 0 Å². The summed E-state index contributed by atoms with van der Waals surface area (Å²) in [7, 11) is 3.49. The number of likely N-dealkylation sites (tertiary alicyclic amines) is 1. The number of carbonyl (C=O) groups is 1. The summed E-state index contributed by atoms with van der Waals surface area (Å²) in [5, 5.41) is 7.64. The van der Waals surface area contributed by atoms with Gasteiger partial charge in [0.1, 0.15) is 0 Å². The van der Waals surface area contributed by atoms with E-state index in [0.717, 1.165) is 25.8 Å². The first-order valence-corrected chi connectivity index (χ1v) is 4.64. The highest BCUT2D eigenvalue weighted by Gasteiger charge is 2.17. The molecule has 1 heterocycles. The number of amidine groups is 1. The Kier molecular flexibility index (Phi) is 3.28. The molecule has 4 nitrogen and oxygen atoms in total. The standard InChI is InChI=1S/C9H17N3O/c1-11(2)9(13)7-12-6-4-3-5-8(12)10/h10H,3-7H2,1-2H3. The number of nitrogens with zero attached hydrogens (tertiary/aromatic N) is 2. The lowest BCUT2D eigenvalue weighted by atomic mass is 10.1. The molecule has 0 aromatic heterocycles. The van der Waals surface area contributed by atoms with Crippen LogP contribution >= 0.6 is 0 Å². The fourth-order valence-corrected chi connectivity index (χ4v) is 1.37. The number of hydrogen-bond acceptors (Lipinski definition) is 2. The van der Waals surface area contributed by atoms with E-state index in [4.69, 9.17) is 5.41 Å². The van der Waals surface area contributed by atoms with Crippen molar-refractivity contribution in [3.8, 4) is 0 Å². The molecule has 1 fully saturated rings. The van der Waals surface area contributed by atoms with E-state index in [0.29, 0.717) is 12.4 Å². The first-order chi connectivity index (χ1) is 6.11. The number of hydrogen-bond donors (Lipinski definition) is 1. The van der Waals surface area contributed by atoms with Crippen molar-refractivity contribution in [3.05, 3.63) is 0 Å². The van der Waals surface area contributed by atoms with Crippen molar-refractivity contribution in [3.63, 3.8) is 0 Å². The fourth-order valence-electron chi connectivity index (χ4n) is 1.37. The third kappa shape index (κ3) is 2.72. The zero-order valence-electron chi connectivity index (χ0n) is 8.34. The molecule has 0 spiro atoms. The third-order valence-electron chi connectivity index (χ3n) is 2.30. The van der Waals surface area contributed by atoms with E-state index in [9.17, 15) is 4.79 Å². The van der Waals surface area contributed by atoms with Crippen LogP contribution in [0.25, 0.3) is 0 Å². The van der Waals surface area contributed by atoms with Crippen LogP contribution in [-0.4, -0.2) is 48.7 Å². The Labute approximate surface area is 79.0 Å². The summed E-state index contributed by atoms with van der Waals surface area (Å²) in [5.74, 6) is 0.688. The second-order valence-electron chi connectivity index (χ2n) is 3.61. The highest BCUT2D eigenvalue weighted by atomic mass is 16.2. The van der Waals surface area contributed by atoms with Gasteiger partial charge in [0.2, 0.25) is 5.91 Å². The van der Waals surface area contributed by atoms with Gasteiger partial charge >= 0.3 is 0 Å². The first kappa shape index (κ1) is 10.0. The summed E-state index contributed by atoms with van der Waals surface area (Å²) in [6.07, 6.45) is 3.01. The lowest BCUT2D eigenvalue weighted by Crippen LogP contribution is -2.42. The van der Waals surface area contributed by atoms with Gasteiger partial charge in [-0.15, -0.1) is 0 Å². The van der Waals surface area contributed by atoms with Crippen molar-refractivity contribution in [1.82, 2.24) is 9.80 Å². The maximum Gasteiger partial charge on any atom is 0.241 e. The monoisotopic (exact) mass is 183 g/mol. The summed E-state index contributed by atoms with van der Waals surface area (Å²) in [5.41, 5.74) is 0. The lowest BCUT2D eigenvalue weighted by molar-refractivity contribution is -0.129. The van der Waals surface area contributed by atoms with Crippen molar-refractivity contribution in [1.29, 1.82) is 5.41 Å². The molecule has 1 saturated heterocycles. The van der Waals surface area contributed by atoms with Gasteiger partial charge in [0, 0.05) is 27.1 Å². The Balaban J connectivity index is 2.43. The van der Waals surface area contributed by atoms with E-state index in [-0.39, 0.29) is 5.91 Å². The molecule has 0 atom stereocenters. The minimum Gasteiger partial charge on any atom is -0.351 e. The molecule has 1 aliphatic heterocycles. The van der Waals surface area contributed by atoms with Gasteiger partial charge in [-0.25, -0.2) is 0 Å². The predicted molar refractivity (Wildman–Crippen MR) is 51.8 cm³/mol. The van der Waals surface area contributed by atoms with Crippen LogP contribution in [0.5, 0.6) is 0 Å². The molecule has 0 aromatic carbocycles. The van der Waals surface area contributed by atoms with E-state index in [1.807, 2.05) is 4.90 Å². The molecular weight excluding hydrogens is 166 g/mol. The van der Waals surface area contributed by atoms with Gasteiger partial charge in [0.05, 0.1) is 12.4 Å². The largest absolute Gasteiger partial charge is 0.351 e. The molecule has 0 unspecified atom stereocenters. The minimum atomic E-state index is 0.0756. The fraction of sp³-hybridized carbons (Fsp3) is 0.778. The van der Waals surface area contributed by atoms with Gasteiger partial charge in [-0.1, -0.05) is 0 Å². The summed E-state index contributed by atoms with van der Waals surface area (Å²) in [4.78, 5) is 14.8. The Hall–Kier alpha value is -1.06. The minimum absolute atomic E-state index is 0.0756. The average molecular weight is 183 g/mol. The van der Waals surface area contributed by atoms with E-state index >= 15 is 0 Å². The molecule has 1 N–H and O–H groups in total. The maximum absolute atomic E-state index is 11.3. The van der Waals surface area contributed by atoms with Crippen molar-refractivity contribution in [2.75, 3.05) is 27.2 Å². The Morgan fingerprint density at radius 3 is 2.77 bits per heavy atom. The Morgan fingerprint density at radius 2 is 2.23 bits per heavy atom. The van der Waals surface area contributed by atoms with Crippen molar-refractivity contribution in [2.45, 2.75) is 19.3 Å². The topological polar surface area (TPSA) is 47.4 Å². The van der Waals surface area contributed by atoms with Gasteiger partial charge in [-0.05, 0) is 12.8 Å². The molecule has 1 amide bonds. The Bertz CT molecular complexity index is 213. The second kappa shape index (κ2) is 4.25. The molecule has 1 aliphatic rings. The smallest absolute Gasteiger partial charge is 0.241 e. The van der Waals surface area contributed by atoms with Crippen LogP contribution in [0.1, 0.15) is 19.3 Å². The Morgan fingerprint density at radius 1 is 1.54 bits per heavy atom. The highest BCUT2D eigenvalue weighted by Crippen LogP contribution is 2.10. The number of likely N-dealkylation sites (N-methyl/N-ethyl adjacent to an activating group) is 1. The van der Waals surface area contributed by atoms with Gasteiger partial charge in [0.25, 0.3) is 0 Å². The SMILES string of the molecule is CN(C)C(=O)CN1CCCCC1=N. The van der Waals surface area contributed by atoms with Crippen LogP contribution < -0.4 is 0 Å². The molecule has 0 aromatic rings. The molecule has 1 rings (SSSR count). The first-order valence-electron chi connectivity index (χ1n) is 4.64. The summed E-state index contributed by atoms with van der Waals surface area (Å²) in [6.45, 7) is 1.23. The highest BCUT2D eigenvalue weighted by molar-refractivity contribution is 5.86. The van der Waals surface area contributed by atoms with Crippen LogP contribution in [0, 0.1) is 5.41 Å². The predicted octanol–water partition coefficient (Wildman–Crippen LogP) is 0.538. The number of piperidine rings is 1. The zero-order valence-corrected chi connectivity index (χ0v) is 8.34. The van der Waals surface area contributed by atoms with Crippen molar-refractivity contribution >= 4 is 11.7 Å². The lowest BCUT2D eigenvalue weighted by Gasteiger charge is -2.29. The third-order valence-corrected chi connectivity index (χ3v) is 2.30. The number of carbonyl (C=O) groups excluding carboxylic acids is 1. The number of nitrogens with one attached hydrogen (secondary N) is 1. The van der Waals surface area contributed by atoms with Gasteiger partial charge in [-0.3, -0.25) is 10.2 Å². The van der Waals surface area contributed by atoms with Crippen LogP contribution in [-0.2, 0) is 4.79 Å². The maximum atomic E-state index is 11.3. The van der Waals surface area contributed by atoms with Gasteiger partial charge < -0.3 is 9.80 Å². The van der Waals surface area contributed by atoms with Crippen molar-refractivity contribution in [2.24, 2.45) is 0 Å². The molecule has 4 heteroatoms. The molecule has 0 radical (unpaired) electrons. The van der Waals surface area contributed by atoms with Crippen LogP contribution in [0.15, 0.2) is 0 Å². The number of amides is 1. The van der Waals surface area contributed by atoms with E-state index in [1.54, 1.807) is 19.0 Å². The van der Waals surface area contributed by atoms with Crippen LogP contribution in [0.4, 0.5) is 0 Å². The summed E-state index contributed by atoms with van der Waals surface area (Å²) in [6, 6.07) is 0. The van der Waals surface area contributed by atoms with E-state index in [2.05, 4.69) is 0 Å².